The molecule has 1 atom stereocenters. The summed E-state index contributed by atoms with van der Waals surface area (Å²) in [4.78, 5) is 23.9. The van der Waals surface area contributed by atoms with Gasteiger partial charge in [0.25, 0.3) is 0 Å². The monoisotopic (exact) mass is 319 g/mol. The van der Waals surface area contributed by atoms with Crippen LogP contribution in [0.1, 0.15) is 32.3 Å². The molecule has 0 aliphatic carbocycles. The fraction of sp³-hybridized carbons (Fsp3) is 0.529. The van der Waals surface area contributed by atoms with Crippen molar-refractivity contribution in [1.29, 1.82) is 0 Å². The molecule has 3 N–H and O–H groups in total. The highest BCUT2D eigenvalue weighted by Crippen LogP contribution is 2.23. The minimum atomic E-state index is -0.255. The number of hydrogen-bond donors (Lipinski definition) is 3. The number of anilines is 2. The van der Waals surface area contributed by atoms with Crippen molar-refractivity contribution in [3.63, 3.8) is 0 Å². The first-order chi connectivity index (χ1) is 11.0. The van der Waals surface area contributed by atoms with Crippen molar-refractivity contribution in [1.82, 2.24) is 5.32 Å². The molecule has 0 unspecified atom stereocenters. The normalized spacial score (nSPS) is 17.1. The van der Waals surface area contributed by atoms with Gasteiger partial charge in [-0.15, -0.1) is 0 Å². The average Bonchev–Trinajstić information content (AvgIpc) is 2.95. The lowest BCUT2D eigenvalue weighted by Crippen LogP contribution is -2.38. The first-order valence-electron chi connectivity index (χ1n) is 8.00. The summed E-state index contributed by atoms with van der Waals surface area (Å²) in [5, 5.41) is 8.61. The number of carbonyl (C=O) groups excluding carboxylic acids is 2. The number of rotatable bonds is 5. The van der Waals surface area contributed by atoms with E-state index in [1.807, 2.05) is 39.0 Å². The topological polar surface area (TPSA) is 79.5 Å². The van der Waals surface area contributed by atoms with Gasteiger partial charge >= 0.3 is 6.03 Å². The van der Waals surface area contributed by atoms with Crippen molar-refractivity contribution in [3.8, 4) is 0 Å². The van der Waals surface area contributed by atoms with Crippen LogP contribution in [0.25, 0.3) is 0 Å². The first kappa shape index (κ1) is 17.3. The van der Waals surface area contributed by atoms with Gasteiger partial charge in [-0.3, -0.25) is 4.79 Å². The molecule has 0 radical (unpaired) electrons. The number of carbonyl (C=O) groups is 2. The third-order valence-electron chi connectivity index (χ3n) is 3.71. The molecule has 3 amide bonds. The Morgan fingerprint density at radius 3 is 2.57 bits per heavy atom. The summed E-state index contributed by atoms with van der Waals surface area (Å²) in [6, 6.07) is 5.27. The summed E-state index contributed by atoms with van der Waals surface area (Å²) in [5.74, 6) is 0.281. The molecule has 1 aliphatic rings. The lowest BCUT2D eigenvalue weighted by molar-refractivity contribution is -0.116. The molecule has 6 heteroatoms. The van der Waals surface area contributed by atoms with Gasteiger partial charge < -0.3 is 20.7 Å². The molecule has 126 valence electrons. The highest BCUT2D eigenvalue weighted by Gasteiger charge is 2.18. The van der Waals surface area contributed by atoms with Crippen molar-refractivity contribution in [2.24, 2.45) is 5.92 Å². The van der Waals surface area contributed by atoms with E-state index in [9.17, 15) is 9.59 Å². The van der Waals surface area contributed by atoms with Gasteiger partial charge in [-0.1, -0.05) is 19.9 Å². The van der Waals surface area contributed by atoms with Crippen LogP contribution in [-0.4, -0.2) is 31.2 Å². The molecule has 1 aromatic rings. The minimum Gasteiger partial charge on any atom is -0.379 e. The van der Waals surface area contributed by atoms with Crippen LogP contribution in [-0.2, 0) is 9.53 Å². The van der Waals surface area contributed by atoms with Gasteiger partial charge in [0.15, 0.2) is 0 Å². The fourth-order valence-corrected chi connectivity index (χ4v) is 2.47. The van der Waals surface area contributed by atoms with Crippen molar-refractivity contribution >= 4 is 23.3 Å². The van der Waals surface area contributed by atoms with E-state index in [0.29, 0.717) is 31.2 Å². The summed E-state index contributed by atoms with van der Waals surface area (Å²) in [6.07, 6.45) is 1.30. The Morgan fingerprint density at radius 1 is 1.26 bits per heavy atom. The maximum atomic E-state index is 12.0. The second kappa shape index (κ2) is 7.97. The smallest absolute Gasteiger partial charge is 0.319 e. The summed E-state index contributed by atoms with van der Waals surface area (Å²) >= 11 is 0. The lowest BCUT2D eigenvalue weighted by Gasteiger charge is -2.16. The highest BCUT2D eigenvalue weighted by atomic mass is 16.5. The number of amides is 3. The SMILES string of the molecule is Cc1c(NC(=O)CC(C)C)cccc1NC(=O)N[C@H]1CCOC1. The number of nitrogens with one attached hydrogen (secondary N) is 3. The van der Waals surface area contributed by atoms with E-state index >= 15 is 0 Å². The Bertz CT molecular complexity index is 566. The van der Waals surface area contributed by atoms with Crippen LogP contribution in [0.3, 0.4) is 0 Å². The zero-order valence-corrected chi connectivity index (χ0v) is 13.9. The second-order valence-corrected chi connectivity index (χ2v) is 6.28. The van der Waals surface area contributed by atoms with E-state index < -0.39 is 0 Å². The van der Waals surface area contributed by atoms with Gasteiger partial charge in [-0.25, -0.2) is 4.79 Å². The Balaban J connectivity index is 1.98. The number of ether oxygens (including phenoxy) is 1. The fourth-order valence-electron chi connectivity index (χ4n) is 2.47. The van der Waals surface area contributed by atoms with Gasteiger partial charge in [-0.2, -0.15) is 0 Å². The molecule has 1 heterocycles. The molecule has 1 fully saturated rings. The maximum Gasteiger partial charge on any atom is 0.319 e. The molecule has 1 aliphatic heterocycles. The van der Waals surface area contributed by atoms with Crippen LogP contribution in [0.2, 0.25) is 0 Å². The number of urea groups is 1. The Hall–Kier alpha value is -2.08. The second-order valence-electron chi connectivity index (χ2n) is 6.28. The quantitative estimate of drug-likeness (QED) is 0.781. The molecule has 0 bridgehead atoms. The van der Waals surface area contributed by atoms with E-state index in [1.165, 1.54) is 0 Å². The average molecular weight is 319 g/mol. The van der Waals surface area contributed by atoms with Gasteiger partial charge in [-0.05, 0) is 37.0 Å². The largest absolute Gasteiger partial charge is 0.379 e. The molecule has 2 rings (SSSR count). The van der Waals surface area contributed by atoms with E-state index in [4.69, 9.17) is 4.74 Å². The molecule has 0 spiro atoms. The third kappa shape index (κ3) is 5.25. The van der Waals surface area contributed by atoms with Gasteiger partial charge in [0.2, 0.25) is 5.91 Å². The summed E-state index contributed by atoms with van der Waals surface area (Å²) in [7, 11) is 0. The zero-order valence-electron chi connectivity index (χ0n) is 13.9. The zero-order chi connectivity index (χ0) is 16.8. The van der Waals surface area contributed by atoms with Gasteiger partial charge in [0.1, 0.15) is 0 Å². The minimum absolute atomic E-state index is 0.0206. The summed E-state index contributed by atoms with van der Waals surface area (Å²) < 4.78 is 5.24. The van der Waals surface area contributed by atoms with E-state index in [1.54, 1.807) is 0 Å². The van der Waals surface area contributed by atoms with Crippen molar-refractivity contribution in [2.75, 3.05) is 23.8 Å². The lowest BCUT2D eigenvalue weighted by atomic mass is 10.1. The van der Waals surface area contributed by atoms with Gasteiger partial charge in [0.05, 0.1) is 12.6 Å². The summed E-state index contributed by atoms with van der Waals surface area (Å²) in [5.41, 5.74) is 2.24. The molecule has 1 saturated heterocycles. The molecule has 6 nitrogen and oxygen atoms in total. The van der Waals surface area contributed by atoms with Crippen molar-refractivity contribution < 1.29 is 14.3 Å². The first-order valence-corrected chi connectivity index (χ1v) is 8.00. The van der Waals surface area contributed by atoms with Crippen LogP contribution in [0.4, 0.5) is 16.2 Å². The molecule has 0 saturated carbocycles. The Morgan fingerprint density at radius 2 is 1.96 bits per heavy atom. The van der Waals surface area contributed by atoms with Crippen molar-refractivity contribution in [3.05, 3.63) is 23.8 Å². The Kier molecular flexibility index (Phi) is 5.98. The number of benzene rings is 1. The van der Waals surface area contributed by atoms with E-state index in [-0.39, 0.29) is 18.0 Å². The van der Waals surface area contributed by atoms with Crippen LogP contribution in [0.15, 0.2) is 18.2 Å². The molecule has 0 aromatic heterocycles. The van der Waals surface area contributed by atoms with Crippen LogP contribution >= 0.6 is 0 Å². The Labute approximate surface area is 137 Å². The van der Waals surface area contributed by atoms with Crippen LogP contribution < -0.4 is 16.0 Å². The third-order valence-corrected chi connectivity index (χ3v) is 3.71. The molecule has 23 heavy (non-hydrogen) atoms. The maximum absolute atomic E-state index is 12.0. The molecular weight excluding hydrogens is 294 g/mol. The van der Waals surface area contributed by atoms with Gasteiger partial charge in [0, 0.05) is 24.4 Å². The predicted octanol–water partition coefficient (Wildman–Crippen LogP) is 2.89. The highest BCUT2D eigenvalue weighted by molar-refractivity contribution is 5.95. The van der Waals surface area contributed by atoms with Crippen LogP contribution in [0.5, 0.6) is 0 Å². The van der Waals surface area contributed by atoms with Crippen LogP contribution in [0, 0.1) is 12.8 Å². The summed E-state index contributed by atoms with van der Waals surface area (Å²) in [6.45, 7) is 7.11. The van der Waals surface area contributed by atoms with Crippen molar-refractivity contribution in [2.45, 2.75) is 39.7 Å². The predicted molar refractivity (Wildman–Crippen MR) is 90.6 cm³/mol. The van der Waals surface area contributed by atoms with E-state index in [2.05, 4.69) is 16.0 Å². The van der Waals surface area contributed by atoms with E-state index in [0.717, 1.165) is 17.7 Å². The number of hydrogen-bond acceptors (Lipinski definition) is 3. The standard InChI is InChI=1S/C17H25N3O3/c1-11(2)9-16(21)19-14-5-4-6-15(12(14)3)20-17(22)18-13-7-8-23-10-13/h4-6,11,13H,7-10H2,1-3H3,(H,19,21)(H2,18,20,22)/t13-/m0/s1. The molecular formula is C17H25N3O3. The molecule has 1 aromatic carbocycles.